The fourth-order valence-electron chi connectivity index (χ4n) is 2.83. The molecule has 0 N–H and O–H groups in total. The van der Waals surface area contributed by atoms with Gasteiger partial charge in [0.25, 0.3) is 0 Å². The number of amides is 3. The summed E-state index contributed by atoms with van der Waals surface area (Å²) in [6.45, 7) is 1.35. The number of fused-ring (bicyclic) bond motifs is 1. The van der Waals surface area contributed by atoms with Crippen LogP contribution < -0.4 is 14.5 Å². The SMILES string of the molecule is C#CCN1C(=O)C(F)(F)Oc2cc(F)c(N3C(=O)C(=O)N(CCC)C3=S)cc21. The normalized spacial score (nSPS) is 18.3. The zero-order valence-corrected chi connectivity index (χ0v) is 15.2. The van der Waals surface area contributed by atoms with Crippen molar-refractivity contribution < 1.29 is 32.3 Å². The Morgan fingerprint density at radius 3 is 2.46 bits per heavy atom. The quantitative estimate of drug-likeness (QED) is 0.428. The van der Waals surface area contributed by atoms with Crippen molar-refractivity contribution in [3.05, 3.63) is 17.9 Å². The third-order valence-electron chi connectivity index (χ3n) is 4.04. The number of hydrogen-bond donors (Lipinski definition) is 0. The van der Waals surface area contributed by atoms with Crippen molar-refractivity contribution >= 4 is 46.4 Å². The lowest BCUT2D eigenvalue weighted by atomic mass is 10.1. The van der Waals surface area contributed by atoms with Crippen LogP contribution >= 0.6 is 12.2 Å². The van der Waals surface area contributed by atoms with Crippen molar-refractivity contribution in [1.82, 2.24) is 4.90 Å². The summed E-state index contributed by atoms with van der Waals surface area (Å²) >= 11 is 5.10. The van der Waals surface area contributed by atoms with E-state index in [0.717, 1.165) is 11.0 Å². The van der Waals surface area contributed by atoms with E-state index in [2.05, 4.69) is 10.7 Å². The van der Waals surface area contributed by atoms with Gasteiger partial charge in [0.15, 0.2) is 16.7 Å². The predicted octanol–water partition coefficient (Wildman–Crippen LogP) is 1.65. The van der Waals surface area contributed by atoms with E-state index in [1.807, 2.05) is 0 Å². The van der Waals surface area contributed by atoms with Gasteiger partial charge in [0, 0.05) is 12.6 Å². The second-order valence-corrected chi connectivity index (χ2v) is 6.23. The number of anilines is 2. The number of nitrogens with zero attached hydrogens (tertiary/aromatic N) is 3. The van der Waals surface area contributed by atoms with Crippen LogP contribution in [0.5, 0.6) is 5.75 Å². The molecule has 0 unspecified atom stereocenters. The van der Waals surface area contributed by atoms with E-state index in [1.54, 1.807) is 6.92 Å². The summed E-state index contributed by atoms with van der Waals surface area (Å²) < 4.78 is 46.4. The van der Waals surface area contributed by atoms with Crippen LogP contribution in [0, 0.1) is 18.2 Å². The average molecular weight is 411 g/mol. The first-order chi connectivity index (χ1) is 13.1. The molecule has 1 fully saturated rings. The van der Waals surface area contributed by atoms with Crippen molar-refractivity contribution in [2.24, 2.45) is 0 Å². The van der Waals surface area contributed by atoms with Gasteiger partial charge in [-0.1, -0.05) is 12.8 Å². The predicted molar refractivity (Wildman–Crippen MR) is 95.2 cm³/mol. The van der Waals surface area contributed by atoms with Crippen LogP contribution in [0.2, 0.25) is 0 Å². The molecule has 28 heavy (non-hydrogen) atoms. The van der Waals surface area contributed by atoms with Crippen LogP contribution in [0.1, 0.15) is 13.3 Å². The topological polar surface area (TPSA) is 70.2 Å². The van der Waals surface area contributed by atoms with Crippen molar-refractivity contribution in [3.63, 3.8) is 0 Å². The van der Waals surface area contributed by atoms with Gasteiger partial charge in [-0.25, -0.2) is 9.29 Å². The summed E-state index contributed by atoms with van der Waals surface area (Å²) in [5.74, 6) is -3.52. The molecule has 2 heterocycles. The lowest BCUT2D eigenvalue weighted by Crippen LogP contribution is -2.51. The summed E-state index contributed by atoms with van der Waals surface area (Å²) in [4.78, 5) is 38.5. The minimum absolute atomic E-state index is 0.142. The Balaban J connectivity index is 2.12. The molecule has 2 aliphatic rings. The molecule has 3 rings (SSSR count). The van der Waals surface area contributed by atoms with Crippen molar-refractivity contribution in [1.29, 1.82) is 0 Å². The van der Waals surface area contributed by atoms with Gasteiger partial charge in [-0.05, 0) is 24.7 Å². The van der Waals surface area contributed by atoms with E-state index in [-0.39, 0.29) is 17.3 Å². The maximum Gasteiger partial charge on any atom is 0.483 e. The fraction of sp³-hybridized carbons (Fsp3) is 0.294. The Kier molecular flexibility index (Phi) is 4.76. The number of rotatable bonds is 4. The van der Waals surface area contributed by atoms with Gasteiger partial charge >= 0.3 is 23.8 Å². The first-order valence-electron chi connectivity index (χ1n) is 7.99. The van der Waals surface area contributed by atoms with Gasteiger partial charge < -0.3 is 4.74 Å². The number of carbonyl (C=O) groups excluding carboxylic acids is 3. The Morgan fingerprint density at radius 2 is 1.86 bits per heavy atom. The minimum Gasteiger partial charge on any atom is -0.423 e. The molecule has 0 bridgehead atoms. The van der Waals surface area contributed by atoms with E-state index >= 15 is 0 Å². The Hall–Kier alpha value is -3.13. The smallest absolute Gasteiger partial charge is 0.423 e. The van der Waals surface area contributed by atoms with Crippen LogP contribution in [0.4, 0.5) is 24.5 Å². The number of carbonyl (C=O) groups is 3. The molecule has 3 amide bonds. The molecule has 2 aliphatic heterocycles. The molecule has 1 aromatic carbocycles. The number of benzene rings is 1. The van der Waals surface area contributed by atoms with Crippen molar-refractivity contribution in [2.45, 2.75) is 19.5 Å². The van der Waals surface area contributed by atoms with Crippen molar-refractivity contribution in [3.8, 4) is 18.1 Å². The molecule has 0 aliphatic carbocycles. The molecule has 1 saturated heterocycles. The molecule has 146 valence electrons. The zero-order chi connectivity index (χ0) is 20.8. The van der Waals surface area contributed by atoms with Crippen LogP contribution in [-0.4, -0.2) is 46.9 Å². The zero-order valence-electron chi connectivity index (χ0n) is 14.4. The third-order valence-corrected chi connectivity index (χ3v) is 4.45. The monoisotopic (exact) mass is 411 g/mol. The summed E-state index contributed by atoms with van der Waals surface area (Å²) in [6.07, 6.45) is 1.39. The third kappa shape index (κ3) is 2.86. The number of terminal acetylenes is 1. The van der Waals surface area contributed by atoms with Gasteiger partial charge in [-0.2, -0.15) is 8.78 Å². The molecule has 0 spiro atoms. The first-order valence-corrected chi connectivity index (χ1v) is 8.40. The van der Waals surface area contributed by atoms with Crippen LogP contribution in [0.3, 0.4) is 0 Å². The molecule has 7 nitrogen and oxygen atoms in total. The molecule has 0 radical (unpaired) electrons. The van der Waals surface area contributed by atoms with E-state index in [4.69, 9.17) is 18.6 Å². The number of thiocarbonyl (C=S) groups is 1. The Morgan fingerprint density at radius 1 is 1.18 bits per heavy atom. The average Bonchev–Trinajstić information content (AvgIpc) is 2.83. The summed E-state index contributed by atoms with van der Waals surface area (Å²) in [5.41, 5.74) is -0.758. The summed E-state index contributed by atoms with van der Waals surface area (Å²) in [7, 11) is 0. The standard InChI is InChI=1S/C17H12F3N3O4S/c1-3-5-21-11-8-10(9(18)7-12(11)27-17(19,20)15(21)26)23-14(25)13(24)22(6-4-2)16(23)28/h1,7-8H,4-6H2,2H3. The lowest BCUT2D eigenvalue weighted by molar-refractivity contribution is -0.192. The highest BCUT2D eigenvalue weighted by molar-refractivity contribution is 7.80. The number of hydrogen-bond acceptors (Lipinski definition) is 5. The number of ether oxygens (including phenoxy) is 1. The Bertz CT molecular complexity index is 960. The molecule has 0 aromatic heterocycles. The second kappa shape index (κ2) is 6.79. The van der Waals surface area contributed by atoms with E-state index in [0.29, 0.717) is 22.3 Å². The highest BCUT2D eigenvalue weighted by Crippen LogP contribution is 2.43. The van der Waals surface area contributed by atoms with Crippen molar-refractivity contribution in [2.75, 3.05) is 22.9 Å². The minimum atomic E-state index is -4.23. The second-order valence-electron chi connectivity index (χ2n) is 5.87. The van der Waals surface area contributed by atoms with Gasteiger partial charge in [-0.3, -0.25) is 24.2 Å². The molecule has 1 aromatic rings. The highest BCUT2D eigenvalue weighted by atomic mass is 32.1. The highest BCUT2D eigenvalue weighted by Gasteiger charge is 2.51. The maximum absolute atomic E-state index is 14.6. The van der Waals surface area contributed by atoms with E-state index in [9.17, 15) is 27.6 Å². The number of halogens is 3. The first kappa shape index (κ1) is 19.6. The van der Waals surface area contributed by atoms with Gasteiger partial charge in [0.1, 0.15) is 0 Å². The van der Waals surface area contributed by atoms with Gasteiger partial charge in [0.2, 0.25) is 0 Å². The molecular weight excluding hydrogens is 399 g/mol. The Labute approximate surface area is 162 Å². The summed E-state index contributed by atoms with van der Waals surface area (Å²) in [6, 6.07) is 1.50. The lowest BCUT2D eigenvalue weighted by Gasteiger charge is -2.33. The van der Waals surface area contributed by atoms with E-state index < -0.39 is 47.6 Å². The number of alkyl halides is 2. The van der Waals surface area contributed by atoms with Crippen LogP contribution in [-0.2, 0) is 14.4 Å². The maximum atomic E-state index is 14.6. The largest absolute Gasteiger partial charge is 0.483 e. The molecule has 0 saturated carbocycles. The van der Waals surface area contributed by atoms with Gasteiger partial charge in [0.05, 0.1) is 17.9 Å². The molecule has 11 heteroatoms. The fourth-order valence-corrected chi connectivity index (χ4v) is 3.19. The van der Waals surface area contributed by atoms with Crippen LogP contribution in [0.15, 0.2) is 12.1 Å². The van der Waals surface area contributed by atoms with E-state index in [1.165, 1.54) is 0 Å². The molecule has 0 atom stereocenters. The summed E-state index contributed by atoms with van der Waals surface area (Å²) in [5, 5.41) is -0.257. The van der Waals surface area contributed by atoms with Crippen LogP contribution in [0.25, 0.3) is 0 Å². The molecular formula is C17H12F3N3O4S. The van der Waals surface area contributed by atoms with Gasteiger partial charge in [-0.15, -0.1) is 6.42 Å².